The fourth-order valence-electron chi connectivity index (χ4n) is 2.96. The molecule has 0 unspecified atom stereocenters. The lowest BCUT2D eigenvalue weighted by Crippen LogP contribution is -2.45. The van der Waals surface area contributed by atoms with Crippen molar-refractivity contribution < 1.29 is 9.59 Å². The van der Waals surface area contributed by atoms with Crippen molar-refractivity contribution in [2.45, 2.75) is 40.0 Å². The number of hydrogen-bond acceptors (Lipinski definition) is 5. The number of amides is 2. The van der Waals surface area contributed by atoms with Gasteiger partial charge < -0.3 is 10.2 Å². The molecule has 1 saturated carbocycles. The van der Waals surface area contributed by atoms with Crippen LogP contribution in [0.4, 0.5) is 0 Å². The van der Waals surface area contributed by atoms with E-state index in [9.17, 15) is 20.1 Å². The van der Waals surface area contributed by atoms with Crippen LogP contribution in [-0.2, 0) is 9.59 Å². The Morgan fingerprint density at radius 1 is 1.40 bits per heavy atom. The van der Waals surface area contributed by atoms with E-state index in [-0.39, 0.29) is 11.7 Å². The molecule has 1 fully saturated rings. The van der Waals surface area contributed by atoms with Gasteiger partial charge in [0.15, 0.2) is 0 Å². The van der Waals surface area contributed by atoms with Crippen molar-refractivity contribution in [1.82, 2.24) is 10.2 Å². The van der Waals surface area contributed by atoms with Gasteiger partial charge in [-0.1, -0.05) is 32.5 Å². The number of thioether (sulfide) groups is 1. The lowest BCUT2D eigenvalue weighted by atomic mass is 9.72. The maximum Gasteiger partial charge on any atom is 0.243 e. The van der Waals surface area contributed by atoms with Gasteiger partial charge >= 0.3 is 0 Å². The molecule has 7 heteroatoms. The number of allylic oxidation sites excluding steroid dienone is 1. The maximum absolute atomic E-state index is 12.5. The van der Waals surface area contributed by atoms with Crippen molar-refractivity contribution in [3.63, 3.8) is 0 Å². The van der Waals surface area contributed by atoms with E-state index in [0.717, 1.165) is 19.5 Å². The molecule has 1 aliphatic carbocycles. The third kappa shape index (κ3) is 4.35. The summed E-state index contributed by atoms with van der Waals surface area (Å²) in [6, 6.07) is 4.09. The van der Waals surface area contributed by atoms with Gasteiger partial charge in [0.05, 0.1) is 28.5 Å². The Bertz CT molecular complexity index is 668. The highest BCUT2D eigenvalue weighted by molar-refractivity contribution is 8.03. The number of hydrogen-bond donors (Lipinski definition) is 1. The molecule has 0 saturated heterocycles. The van der Waals surface area contributed by atoms with Crippen LogP contribution in [0, 0.1) is 39.9 Å². The molecule has 1 atom stereocenters. The number of rotatable bonds is 7. The van der Waals surface area contributed by atoms with Crippen molar-refractivity contribution >= 4 is 23.6 Å². The molecule has 6 nitrogen and oxygen atoms in total. The molecular weight excluding hydrogens is 336 g/mol. The lowest BCUT2D eigenvalue weighted by Gasteiger charge is -2.34. The predicted octanol–water partition coefficient (Wildman–Crippen LogP) is 2.40. The number of nitrogens with one attached hydrogen (secondary N) is 1. The second-order valence-corrected chi connectivity index (χ2v) is 8.15. The summed E-state index contributed by atoms with van der Waals surface area (Å²) in [6.07, 6.45) is 3.28. The van der Waals surface area contributed by atoms with E-state index in [2.05, 4.69) is 11.4 Å². The largest absolute Gasteiger partial charge is 0.342 e. The Kier molecular flexibility index (Phi) is 6.13. The SMILES string of the molecule is CCCN(CC1CC1)C(=O)CSC1=C(C#N)C(C)(C)[C@@H](C#N)C(=O)N1. The minimum Gasteiger partial charge on any atom is -0.342 e. The summed E-state index contributed by atoms with van der Waals surface area (Å²) >= 11 is 1.18. The molecule has 25 heavy (non-hydrogen) atoms. The van der Waals surface area contributed by atoms with Crippen LogP contribution in [-0.4, -0.2) is 35.6 Å². The van der Waals surface area contributed by atoms with E-state index in [1.807, 2.05) is 17.9 Å². The molecule has 0 bridgehead atoms. The van der Waals surface area contributed by atoms with Crippen LogP contribution in [0.2, 0.25) is 0 Å². The van der Waals surface area contributed by atoms with Crippen LogP contribution in [0.5, 0.6) is 0 Å². The van der Waals surface area contributed by atoms with Crippen LogP contribution < -0.4 is 5.32 Å². The molecule has 2 aliphatic rings. The molecule has 1 N–H and O–H groups in total. The molecule has 134 valence electrons. The lowest BCUT2D eigenvalue weighted by molar-refractivity contribution is -0.129. The molecule has 1 heterocycles. The second kappa shape index (κ2) is 7.93. The average molecular weight is 360 g/mol. The molecule has 0 aromatic carbocycles. The van der Waals surface area contributed by atoms with Gasteiger partial charge in [0.1, 0.15) is 5.92 Å². The van der Waals surface area contributed by atoms with Crippen molar-refractivity contribution in [1.29, 1.82) is 10.5 Å². The first-order chi connectivity index (χ1) is 11.8. The van der Waals surface area contributed by atoms with E-state index < -0.39 is 17.2 Å². The fraction of sp³-hybridized carbons (Fsp3) is 0.667. The van der Waals surface area contributed by atoms with E-state index in [1.54, 1.807) is 13.8 Å². The summed E-state index contributed by atoms with van der Waals surface area (Å²) in [5.74, 6) is -0.489. The molecular formula is C18H24N4O2S. The Morgan fingerprint density at radius 3 is 2.60 bits per heavy atom. The van der Waals surface area contributed by atoms with Gasteiger partial charge in [0, 0.05) is 18.5 Å². The standard InChI is InChI=1S/C18H24N4O2S/c1-4-7-22(10-12-5-6-12)15(23)11-25-17-14(9-20)18(2,3)13(8-19)16(24)21-17/h12-13H,4-7,10-11H2,1-3H3,(H,21,24)/t13-/m0/s1. The Balaban J connectivity index is 2.10. The normalized spacial score (nSPS) is 22.0. The van der Waals surface area contributed by atoms with Crippen molar-refractivity contribution in [3.05, 3.63) is 10.6 Å². The van der Waals surface area contributed by atoms with Gasteiger partial charge in [-0.3, -0.25) is 9.59 Å². The van der Waals surface area contributed by atoms with Gasteiger partial charge in [-0.2, -0.15) is 10.5 Å². The van der Waals surface area contributed by atoms with Crippen LogP contribution in [0.15, 0.2) is 10.6 Å². The monoisotopic (exact) mass is 360 g/mol. The number of nitrogens with zero attached hydrogens (tertiary/aromatic N) is 3. The zero-order valence-corrected chi connectivity index (χ0v) is 15.8. The van der Waals surface area contributed by atoms with Crippen molar-refractivity contribution in [3.8, 4) is 12.1 Å². The number of carbonyl (C=O) groups is 2. The quantitative estimate of drug-likeness (QED) is 0.752. The molecule has 0 spiro atoms. The summed E-state index contributed by atoms with van der Waals surface area (Å²) in [7, 11) is 0. The Labute approximate surface area is 153 Å². The first-order valence-electron chi connectivity index (χ1n) is 8.61. The second-order valence-electron chi connectivity index (χ2n) is 7.16. The zero-order valence-electron chi connectivity index (χ0n) is 15.0. The molecule has 1 aliphatic heterocycles. The van der Waals surface area contributed by atoms with E-state index >= 15 is 0 Å². The highest BCUT2D eigenvalue weighted by Crippen LogP contribution is 2.41. The third-order valence-corrected chi connectivity index (χ3v) is 5.68. The van der Waals surface area contributed by atoms with Gasteiger partial charge in [0.2, 0.25) is 11.8 Å². The molecule has 0 radical (unpaired) electrons. The first-order valence-corrected chi connectivity index (χ1v) is 9.59. The van der Waals surface area contributed by atoms with Crippen molar-refractivity contribution in [2.75, 3.05) is 18.8 Å². The average Bonchev–Trinajstić information content (AvgIpc) is 3.35. The smallest absolute Gasteiger partial charge is 0.243 e. The van der Waals surface area contributed by atoms with Gasteiger partial charge in [0.25, 0.3) is 0 Å². The molecule has 0 aromatic rings. The van der Waals surface area contributed by atoms with E-state index in [4.69, 9.17) is 0 Å². The fourth-order valence-corrected chi connectivity index (χ4v) is 4.04. The molecule has 2 rings (SSSR count). The topological polar surface area (TPSA) is 97.0 Å². The Morgan fingerprint density at radius 2 is 2.08 bits per heavy atom. The van der Waals surface area contributed by atoms with Crippen LogP contribution >= 0.6 is 11.8 Å². The van der Waals surface area contributed by atoms with Gasteiger partial charge in [-0.05, 0) is 25.2 Å². The Hall–Kier alpha value is -1.99. The van der Waals surface area contributed by atoms with Gasteiger partial charge in [-0.15, -0.1) is 0 Å². The summed E-state index contributed by atoms with van der Waals surface area (Å²) in [4.78, 5) is 26.6. The van der Waals surface area contributed by atoms with E-state index in [0.29, 0.717) is 16.5 Å². The summed E-state index contributed by atoms with van der Waals surface area (Å²) in [5, 5.41) is 21.8. The summed E-state index contributed by atoms with van der Waals surface area (Å²) < 4.78 is 0. The third-order valence-electron chi connectivity index (χ3n) is 4.69. The summed E-state index contributed by atoms with van der Waals surface area (Å²) in [5.41, 5.74) is -0.505. The van der Waals surface area contributed by atoms with Crippen LogP contribution in [0.25, 0.3) is 0 Å². The first kappa shape index (κ1) is 19.3. The molecule has 2 amide bonds. The highest BCUT2D eigenvalue weighted by Gasteiger charge is 2.44. The van der Waals surface area contributed by atoms with E-state index in [1.165, 1.54) is 24.6 Å². The highest BCUT2D eigenvalue weighted by atomic mass is 32.2. The van der Waals surface area contributed by atoms with Crippen molar-refractivity contribution in [2.24, 2.45) is 17.3 Å². The number of carbonyl (C=O) groups excluding carboxylic acids is 2. The minimum atomic E-state index is -0.909. The number of nitriles is 2. The molecule has 0 aromatic heterocycles. The minimum absolute atomic E-state index is 0.0259. The summed E-state index contributed by atoms with van der Waals surface area (Å²) in [6.45, 7) is 7.01. The van der Waals surface area contributed by atoms with Crippen LogP contribution in [0.1, 0.15) is 40.0 Å². The zero-order chi connectivity index (χ0) is 18.6. The maximum atomic E-state index is 12.5. The van der Waals surface area contributed by atoms with Gasteiger partial charge in [-0.25, -0.2) is 0 Å². The van der Waals surface area contributed by atoms with Crippen LogP contribution in [0.3, 0.4) is 0 Å². The predicted molar refractivity (Wildman–Crippen MR) is 95.7 cm³/mol.